The number of anilines is 1. The second-order valence-corrected chi connectivity index (χ2v) is 7.92. The minimum Gasteiger partial charge on any atom is -0.490 e. The number of ether oxygens (including phenoxy) is 3. The van der Waals surface area contributed by atoms with Crippen LogP contribution in [0.5, 0.6) is 11.5 Å². The number of aromatic nitrogens is 2. The first-order valence-corrected chi connectivity index (χ1v) is 11.1. The molecule has 1 saturated heterocycles. The van der Waals surface area contributed by atoms with Crippen molar-refractivity contribution in [1.29, 1.82) is 0 Å². The number of nitrogens with one attached hydrogen (secondary N) is 1. The third-order valence-electron chi connectivity index (χ3n) is 4.60. The summed E-state index contributed by atoms with van der Waals surface area (Å²) in [6.45, 7) is 6.08. The quantitative estimate of drug-likeness (QED) is 0.539. The number of benzene rings is 1. The highest BCUT2D eigenvalue weighted by molar-refractivity contribution is 7.15. The zero-order chi connectivity index (χ0) is 20.5. The van der Waals surface area contributed by atoms with Gasteiger partial charge in [-0.05, 0) is 50.3 Å². The smallest absolute Gasteiger partial charge is 0.226 e. The number of nitrogens with zero attached hydrogens (tertiary/aromatic N) is 2. The standard InChI is InChI=1S/C21H29N3O4S/c1-3-5-12-27-16-10-8-15(14-18(16)26-4-2)9-11-19(25)22-21-24-23-20(29-21)17-7-6-13-28-17/h8,10,14,17H,3-7,9,11-13H2,1-2H3,(H,22,24,25). The summed E-state index contributed by atoms with van der Waals surface area (Å²) in [5, 5.41) is 12.4. The van der Waals surface area contributed by atoms with Gasteiger partial charge in [0.1, 0.15) is 11.1 Å². The number of carbonyl (C=O) groups is 1. The Morgan fingerprint density at radius 1 is 1.28 bits per heavy atom. The van der Waals surface area contributed by atoms with E-state index in [0.29, 0.717) is 31.2 Å². The minimum atomic E-state index is -0.0822. The Balaban J connectivity index is 1.51. The van der Waals surface area contributed by atoms with E-state index in [1.807, 2.05) is 25.1 Å². The van der Waals surface area contributed by atoms with Crippen molar-refractivity contribution in [2.75, 3.05) is 25.1 Å². The van der Waals surface area contributed by atoms with E-state index in [1.54, 1.807) is 0 Å². The van der Waals surface area contributed by atoms with Gasteiger partial charge in [0.05, 0.1) is 13.2 Å². The topological polar surface area (TPSA) is 82.6 Å². The van der Waals surface area contributed by atoms with Gasteiger partial charge in [-0.15, -0.1) is 10.2 Å². The first kappa shape index (κ1) is 21.5. The molecule has 1 amide bonds. The lowest BCUT2D eigenvalue weighted by Gasteiger charge is -2.13. The largest absolute Gasteiger partial charge is 0.490 e. The van der Waals surface area contributed by atoms with Gasteiger partial charge in [-0.3, -0.25) is 4.79 Å². The monoisotopic (exact) mass is 419 g/mol. The van der Waals surface area contributed by atoms with Gasteiger partial charge in [-0.2, -0.15) is 0 Å². The van der Waals surface area contributed by atoms with Crippen LogP contribution in [-0.2, 0) is 16.0 Å². The fourth-order valence-electron chi connectivity index (χ4n) is 3.05. The van der Waals surface area contributed by atoms with Gasteiger partial charge in [0, 0.05) is 13.0 Å². The van der Waals surface area contributed by atoms with Gasteiger partial charge in [0.2, 0.25) is 11.0 Å². The number of hydrogen-bond acceptors (Lipinski definition) is 7. The Morgan fingerprint density at radius 3 is 2.93 bits per heavy atom. The molecule has 0 saturated carbocycles. The van der Waals surface area contributed by atoms with Crippen LogP contribution in [0.4, 0.5) is 5.13 Å². The molecule has 1 atom stereocenters. The molecule has 0 aliphatic carbocycles. The summed E-state index contributed by atoms with van der Waals surface area (Å²) in [7, 11) is 0. The number of amides is 1. The first-order valence-electron chi connectivity index (χ1n) is 10.3. The molecule has 0 radical (unpaired) electrons. The number of aryl methyl sites for hydroxylation is 1. The normalized spacial score (nSPS) is 16.0. The second-order valence-electron chi connectivity index (χ2n) is 6.91. The molecule has 1 aliphatic rings. The lowest BCUT2D eigenvalue weighted by Crippen LogP contribution is -2.12. The van der Waals surface area contributed by atoms with Crippen LogP contribution in [0.25, 0.3) is 0 Å². The average Bonchev–Trinajstić information content (AvgIpc) is 3.40. The van der Waals surface area contributed by atoms with E-state index in [2.05, 4.69) is 22.4 Å². The van der Waals surface area contributed by atoms with Crippen LogP contribution in [0.1, 0.15) is 62.6 Å². The van der Waals surface area contributed by atoms with Gasteiger partial charge in [-0.1, -0.05) is 30.7 Å². The van der Waals surface area contributed by atoms with Crippen molar-refractivity contribution in [1.82, 2.24) is 10.2 Å². The molecule has 158 valence electrons. The SMILES string of the molecule is CCCCOc1ccc(CCC(=O)Nc2nnc(C3CCCO3)s2)cc1OCC. The van der Waals surface area contributed by atoms with E-state index >= 15 is 0 Å². The first-order chi connectivity index (χ1) is 14.2. The third kappa shape index (κ3) is 6.40. The Morgan fingerprint density at radius 2 is 2.17 bits per heavy atom. The third-order valence-corrected chi connectivity index (χ3v) is 5.53. The van der Waals surface area contributed by atoms with E-state index in [0.717, 1.165) is 54.4 Å². The molecular weight excluding hydrogens is 390 g/mol. The molecule has 2 heterocycles. The van der Waals surface area contributed by atoms with E-state index < -0.39 is 0 Å². The molecule has 1 aliphatic heterocycles. The van der Waals surface area contributed by atoms with Crippen LogP contribution < -0.4 is 14.8 Å². The van der Waals surface area contributed by atoms with Crippen molar-refractivity contribution < 1.29 is 19.0 Å². The highest BCUT2D eigenvalue weighted by Gasteiger charge is 2.22. The zero-order valence-electron chi connectivity index (χ0n) is 17.1. The van der Waals surface area contributed by atoms with Crippen LogP contribution >= 0.6 is 11.3 Å². The summed E-state index contributed by atoms with van der Waals surface area (Å²) in [4.78, 5) is 12.3. The molecule has 2 aromatic rings. The maximum absolute atomic E-state index is 12.3. The van der Waals surface area contributed by atoms with Crippen molar-refractivity contribution >= 4 is 22.4 Å². The van der Waals surface area contributed by atoms with Gasteiger partial charge in [0.25, 0.3) is 0 Å². The van der Waals surface area contributed by atoms with Gasteiger partial charge in [-0.25, -0.2) is 0 Å². The van der Waals surface area contributed by atoms with E-state index in [1.165, 1.54) is 11.3 Å². The molecule has 7 nitrogen and oxygen atoms in total. The lowest BCUT2D eigenvalue weighted by atomic mass is 10.1. The Labute approximate surface area is 175 Å². The zero-order valence-corrected chi connectivity index (χ0v) is 17.9. The summed E-state index contributed by atoms with van der Waals surface area (Å²) in [5.74, 6) is 1.40. The van der Waals surface area contributed by atoms with Gasteiger partial charge >= 0.3 is 0 Å². The molecule has 29 heavy (non-hydrogen) atoms. The predicted octanol–water partition coefficient (Wildman–Crippen LogP) is 4.54. The Kier molecular flexibility index (Phi) is 8.25. The van der Waals surface area contributed by atoms with E-state index in [-0.39, 0.29) is 12.0 Å². The Bertz CT molecular complexity index is 790. The summed E-state index contributed by atoms with van der Waals surface area (Å²) >= 11 is 1.38. The lowest BCUT2D eigenvalue weighted by molar-refractivity contribution is -0.116. The molecule has 1 aromatic carbocycles. The fraction of sp³-hybridized carbons (Fsp3) is 0.571. The van der Waals surface area contributed by atoms with Crippen LogP contribution in [0, 0.1) is 0 Å². The second kappa shape index (κ2) is 11.1. The van der Waals surface area contributed by atoms with Crippen molar-refractivity contribution in [3.63, 3.8) is 0 Å². The number of carbonyl (C=O) groups excluding carboxylic acids is 1. The summed E-state index contributed by atoms with van der Waals surface area (Å²) in [6.07, 6.45) is 5.08. The highest BCUT2D eigenvalue weighted by atomic mass is 32.1. The number of hydrogen-bond donors (Lipinski definition) is 1. The van der Waals surface area contributed by atoms with E-state index in [4.69, 9.17) is 14.2 Å². The van der Waals surface area contributed by atoms with E-state index in [9.17, 15) is 4.79 Å². The van der Waals surface area contributed by atoms with Gasteiger partial charge < -0.3 is 19.5 Å². The number of rotatable bonds is 11. The highest BCUT2D eigenvalue weighted by Crippen LogP contribution is 2.32. The molecule has 3 rings (SSSR count). The van der Waals surface area contributed by atoms with Crippen molar-refractivity contribution in [2.45, 2.75) is 58.5 Å². The Hall–Kier alpha value is -2.19. The molecule has 8 heteroatoms. The summed E-state index contributed by atoms with van der Waals surface area (Å²) < 4.78 is 17.1. The van der Waals surface area contributed by atoms with Crippen molar-refractivity contribution in [2.24, 2.45) is 0 Å². The molecule has 0 bridgehead atoms. The molecule has 0 spiro atoms. The fourth-order valence-corrected chi connectivity index (χ4v) is 3.89. The summed E-state index contributed by atoms with van der Waals surface area (Å²) in [6, 6.07) is 5.86. The van der Waals surface area contributed by atoms with Crippen LogP contribution in [-0.4, -0.2) is 35.9 Å². The maximum atomic E-state index is 12.3. The predicted molar refractivity (Wildman–Crippen MR) is 113 cm³/mol. The average molecular weight is 420 g/mol. The maximum Gasteiger partial charge on any atom is 0.226 e. The summed E-state index contributed by atoms with van der Waals surface area (Å²) in [5.41, 5.74) is 1.03. The van der Waals surface area contributed by atoms with Crippen LogP contribution in [0.3, 0.4) is 0 Å². The van der Waals surface area contributed by atoms with Crippen LogP contribution in [0.15, 0.2) is 18.2 Å². The minimum absolute atomic E-state index is 0.0215. The van der Waals surface area contributed by atoms with Crippen molar-refractivity contribution in [3.05, 3.63) is 28.8 Å². The van der Waals surface area contributed by atoms with Crippen molar-refractivity contribution in [3.8, 4) is 11.5 Å². The molecule has 1 fully saturated rings. The molecule has 1 aromatic heterocycles. The van der Waals surface area contributed by atoms with Crippen LogP contribution in [0.2, 0.25) is 0 Å². The molecule has 1 N–H and O–H groups in total. The molecule has 1 unspecified atom stereocenters. The number of unbranched alkanes of at least 4 members (excludes halogenated alkanes) is 1. The molecular formula is C21H29N3O4S. The van der Waals surface area contributed by atoms with Gasteiger partial charge in [0.15, 0.2) is 11.5 Å².